The molecule has 5 aromatic carbocycles. The van der Waals surface area contributed by atoms with E-state index in [1.807, 2.05) is 143 Å². The van der Waals surface area contributed by atoms with Crippen molar-refractivity contribution in [2.45, 2.75) is 0 Å². The summed E-state index contributed by atoms with van der Waals surface area (Å²) in [5.74, 6) is 2.53. The number of amidine groups is 1. The molecule has 0 atom stereocenters. The van der Waals surface area contributed by atoms with Gasteiger partial charge in [0.05, 0.1) is 0 Å². The van der Waals surface area contributed by atoms with E-state index in [1.54, 1.807) is 12.4 Å². The Bertz CT molecular complexity index is 1760. The van der Waals surface area contributed by atoms with Crippen LogP contribution >= 0.6 is 0 Å². The molecule has 3 heterocycles. The zero-order chi connectivity index (χ0) is 29.6. The van der Waals surface area contributed by atoms with Crippen molar-refractivity contribution in [3.8, 4) is 0 Å². The fourth-order valence-corrected chi connectivity index (χ4v) is 4.92. The molecule has 1 radical (unpaired) electrons. The summed E-state index contributed by atoms with van der Waals surface area (Å²) in [6.07, 6.45) is 3.41. The Hall–Kier alpha value is -5.30. The maximum atomic E-state index is 4.78. The molecule has 7 nitrogen and oxygen atoms in total. The first kappa shape index (κ1) is 29.8. The fourth-order valence-electron chi connectivity index (χ4n) is 4.92. The second-order valence-electron chi connectivity index (χ2n) is 9.85. The van der Waals surface area contributed by atoms with E-state index in [-0.39, 0.29) is 20.1 Å². The maximum absolute atomic E-state index is 4.78. The van der Waals surface area contributed by atoms with Crippen LogP contribution in [0.3, 0.4) is 0 Å². The van der Waals surface area contributed by atoms with E-state index in [4.69, 9.17) is 5.10 Å². The standard InChI is InChI=1S/C20H15N3.C17H12N4.Ir/c1-4-10-17(11-5-1)20-21-23(19-14-8-3-9-15-19)16-22(20)18-12-6-2-7-13-18;1-3-7-14(8-4-1)20-13-21(15-9-5-2-6-10-15)17-16(20)18-11-12-19-17;/h1-14,16H;1-9,11-13H;/q2*-2;. The molecule has 8 heteroatoms. The van der Waals surface area contributed by atoms with E-state index in [0.29, 0.717) is 0 Å². The Morgan fingerprint density at radius 2 is 1.00 bits per heavy atom. The molecule has 0 saturated heterocycles. The normalized spacial score (nSPS) is 13.4. The molecule has 223 valence electrons. The molecule has 0 fully saturated rings. The van der Waals surface area contributed by atoms with Gasteiger partial charge in [-0.3, -0.25) is 0 Å². The van der Waals surface area contributed by atoms with Gasteiger partial charge in [0.1, 0.15) is 17.5 Å². The molecule has 0 unspecified atom stereocenters. The number of aromatic nitrogens is 2. The summed E-state index contributed by atoms with van der Waals surface area (Å²) in [5.41, 5.74) is 5.06. The van der Waals surface area contributed by atoms with E-state index in [2.05, 4.69) is 51.3 Å². The SMILES string of the molecule is [Ir].[c-]1ccccc1N1[CH-]N(c2ccccc2)C(c2ccccc2)=N1.[c-]1ccccc1N1[CH-]N(c2ccccc2)c2nccnc21. The Morgan fingerprint density at radius 3 is 1.58 bits per heavy atom. The minimum atomic E-state index is 0. The number of fused-ring (bicyclic) bond motifs is 1. The first-order chi connectivity index (χ1) is 21.8. The summed E-state index contributed by atoms with van der Waals surface area (Å²) in [6, 6.07) is 52.7. The van der Waals surface area contributed by atoms with Crippen molar-refractivity contribution < 1.29 is 20.1 Å². The monoisotopic (exact) mass is 762 g/mol. The molecule has 2 aliphatic rings. The fraction of sp³-hybridized carbons (Fsp3) is 0. The van der Waals surface area contributed by atoms with Gasteiger partial charge in [-0.15, -0.1) is 25.1 Å². The summed E-state index contributed by atoms with van der Waals surface area (Å²) in [5, 5.41) is 6.63. The maximum Gasteiger partial charge on any atom is 0.145 e. The third-order valence-electron chi connectivity index (χ3n) is 7.00. The van der Waals surface area contributed by atoms with Crippen LogP contribution in [0, 0.1) is 25.5 Å². The van der Waals surface area contributed by atoms with Gasteiger partial charge in [0.2, 0.25) is 0 Å². The Kier molecular flexibility index (Phi) is 9.25. The molecule has 8 rings (SSSR count). The van der Waals surface area contributed by atoms with E-state index >= 15 is 0 Å². The predicted octanol–water partition coefficient (Wildman–Crippen LogP) is 7.98. The van der Waals surface area contributed by atoms with E-state index in [0.717, 1.165) is 45.8 Å². The number of nitrogens with zero attached hydrogens (tertiary/aromatic N) is 7. The van der Waals surface area contributed by atoms with Crippen LogP contribution in [-0.2, 0) is 20.1 Å². The summed E-state index contributed by atoms with van der Waals surface area (Å²) in [6.45, 7) is 3.98. The van der Waals surface area contributed by atoms with Crippen LogP contribution in [0.2, 0.25) is 0 Å². The first-order valence-electron chi connectivity index (χ1n) is 14.2. The van der Waals surface area contributed by atoms with Gasteiger partial charge >= 0.3 is 0 Å². The largest absolute Gasteiger partial charge is 0.477 e. The van der Waals surface area contributed by atoms with Crippen LogP contribution in [0.4, 0.5) is 34.4 Å². The second kappa shape index (κ2) is 14.0. The predicted molar refractivity (Wildman–Crippen MR) is 176 cm³/mol. The topological polar surface area (TPSA) is 51.1 Å². The second-order valence-corrected chi connectivity index (χ2v) is 9.85. The summed E-state index contributed by atoms with van der Waals surface area (Å²) < 4.78 is 0. The Balaban J connectivity index is 0.000000156. The molecule has 0 amide bonds. The van der Waals surface area contributed by atoms with Crippen LogP contribution in [0.5, 0.6) is 0 Å². The number of rotatable bonds is 5. The zero-order valence-electron chi connectivity index (χ0n) is 24.1. The Morgan fingerprint density at radius 1 is 0.489 bits per heavy atom. The average molecular weight is 762 g/mol. The molecule has 1 aromatic heterocycles. The van der Waals surface area contributed by atoms with Crippen LogP contribution < -0.4 is 19.7 Å². The van der Waals surface area contributed by atoms with Crippen molar-refractivity contribution in [1.29, 1.82) is 0 Å². The molecule has 0 spiro atoms. The van der Waals surface area contributed by atoms with Gasteiger partial charge in [0, 0.05) is 49.4 Å². The molecular weight excluding hydrogens is 735 g/mol. The van der Waals surface area contributed by atoms with Crippen molar-refractivity contribution >= 4 is 40.2 Å². The summed E-state index contributed by atoms with van der Waals surface area (Å²) >= 11 is 0. The molecule has 0 bridgehead atoms. The van der Waals surface area contributed by atoms with Gasteiger partial charge in [-0.25, -0.2) is 9.97 Å². The van der Waals surface area contributed by atoms with Crippen LogP contribution in [0.25, 0.3) is 0 Å². The van der Waals surface area contributed by atoms with Crippen LogP contribution in [0.1, 0.15) is 5.56 Å². The number of benzene rings is 5. The molecule has 2 aliphatic heterocycles. The number of anilines is 6. The number of para-hydroxylation sites is 4. The van der Waals surface area contributed by atoms with Gasteiger partial charge in [-0.1, -0.05) is 72.4 Å². The van der Waals surface area contributed by atoms with Crippen LogP contribution in [0.15, 0.2) is 157 Å². The van der Waals surface area contributed by atoms with Crippen molar-refractivity contribution in [1.82, 2.24) is 9.97 Å². The number of hydrogen-bond acceptors (Lipinski definition) is 7. The molecule has 0 N–H and O–H groups in total. The molecular formula is C37H27IrN7-4. The van der Waals surface area contributed by atoms with Gasteiger partial charge in [-0.2, -0.15) is 59.7 Å². The van der Waals surface area contributed by atoms with Crippen molar-refractivity contribution in [2.24, 2.45) is 5.10 Å². The van der Waals surface area contributed by atoms with Gasteiger partial charge in [-0.05, 0) is 24.3 Å². The van der Waals surface area contributed by atoms with Crippen molar-refractivity contribution in [3.63, 3.8) is 0 Å². The molecule has 0 saturated carbocycles. The number of hydrogen-bond donors (Lipinski definition) is 0. The van der Waals surface area contributed by atoms with E-state index in [1.165, 1.54) is 0 Å². The molecule has 0 aliphatic carbocycles. The minimum Gasteiger partial charge on any atom is -0.477 e. The summed E-state index contributed by atoms with van der Waals surface area (Å²) in [4.78, 5) is 15.1. The third kappa shape index (κ3) is 6.48. The smallest absolute Gasteiger partial charge is 0.145 e. The van der Waals surface area contributed by atoms with Gasteiger partial charge in [0.25, 0.3) is 0 Å². The first-order valence-corrected chi connectivity index (χ1v) is 14.2. The van der Waals surface area contributed by atoms with E-state index < -0.39 is 0 Å². The Labute approximate surface area is 277 Å². The van der Waals surface area contributed by atoms with Crippen molar-refractivity contribution in [3.05, 3.63) is 183 Å². The zero-order valence-corrected chi connectivity index (χ0v) is 26.4. The van der Waals surface area contributed by atoms with E-state index in [9.17, 15) is 0 Å². The third-order valence-corrected chi connectivity index (χ3v) is 7.00. The minimum absolute atomic E-state index is 0. The van der Waals surface area contributed by atoms with Gasteiger partial charge < -0.3 is 19.7 Å². The molecule has 45 heavy (non-hydrogen) atoms. The summed E-state index contributed by atoms with van der Waals surface area (Å²) in [7, 11) is 0. The van der Waals surface area contributed by atoms with Crippen molar-refractivity contribution in [2.75, 3.05) is 19.7 Å². The average Bonchev–Trinajstić information content (AvgIpc) is 3.74. The van der Waals surface area contributed by atoms with Crippen LogP contribution in [-0.4, -0.2) is 15.8 Å². The molecule has 6 aromatic rings. The van der Waals surface area contributed by atoms with Gasteiger partial charge in [0.15, 0.2) is 0 Å². The number of hydrazone groups is 1. The quantitative estimate of drug-likeness (QED) is 0.166.